The molecule has 0 radical (unpaired) electrons. The molecule has 2 aliphatic heterocycles. The van der Waals surface area contributed by atoms with E-state index in [0.717, 1.165) is 17.0 Å². The van der Waals surface area contributed by atoms with Crippen LogP contribution in [0.2, 0.25) is 0 Å². The first-order chi connectivity index (χ1) is 27.6. The number of phenolic OH excluding ortho intramolecular Hbond substituents is 1. The predicted octanol–water partition coefficient (Wildman–Crippen LogP) is 6.29. The molecule has 7 rings (SSSR count). The van der Waals surface area contributed by atoms with Crippen molar-refractivity contribution in [3.63, 3.8) is 0 Å². The van der Waals surface area contributed by atoms with Gasteiger partial charge in [-0.1, -0.05) is 29.9 Å². The summed E-state index contributed by atoms with van der Waals surface area (Å²) in [6.07, 6.45) is 2.84. The number of carbonyl (C=O) groups is 4. The predicted molar refractivity (Wildman–Crippen MR) is 197 cm³/mol. The van der Waals surface area contributed by atoms with Gasteiger partial charge in [-0.05, 0) is 36.5 Å². The summed E-state index contributed by atoms with van der Waals surface area (Å²) in [4.78, 5) is 75.3. The van der Waals surface area contributed by atoms with E-state index < -0.39 is 131 Å². The lowest BCUT2D eigenvalue weighted by Crippen LogP contribution is -2.60. The Bertz CT molecular complexity index is 2480. The lowest BCUT2D eigenvalue weighted by Gasteiger charge is -2.49. The average molecular weight is 867 g/mol. The van der Waals surface area contributed by atoms with Gasteiger partial charge < -0.3 is 14.7 Å². The van der Waals surface area contributed by atoms with Crippen molar-refractivity contribution in [3.8, 4) is 11.5 Å². The molecule has 59 heavy (non-hydrogen) atoms. The normalized spacial score (nSPS) is 26.2. The number of amides is 4. The largest absolute Gasteiger partial charge is 0.504 e. The molecular weight excluding hydrogens is 840 g/mol. The molecule has 15 nitrogen and oxygen atoms in total. The van der Waals surface area contributed by atoms with E-state index in [9.17, 15) is 57.7 Å². The third-order valence-corrected chi connectivity index (χ3v) is 12.5. The van der Waals surface area contributed by atoms with Crippen molar-refractivity contribution < 1.29 is 60.8 Å². The van der Waals surface area contributed by atoms with Crippen molar-refractivity contribution in [3.05, 3.63) is 103 Å². The fraction of sp³-hybridized carbons (Fsp3) is 0.297. The highest BCUT2D eigenvalue weighted by Crippen LogP contribution is 2.64. The number of nitro benzene ring substituents is 2. The van der Waals surface area contributed by atoms with Gasteiger partial charge >= 0.3 is 11.4 Å². The SMILES string of the molecule is COc1cc(C=C[C@H]2C3=CC[C@@H]4C(=O)N(c5cc([N+](=O)[O-])c(N(C)C)c([N+](=O)[O-])c5)C(=O)[C@@H]4[C@@H]3C[C@@]3(Cl)C(=O)N(c4c(F)c(F)c(F)c(F)c4F)C(=O)[C@@]23Cl)ccc1O. The van der Waals surface area contributed by atoms with Gasteiger partial charge in [-0.15, -0.1) is 23.2 Å². The number of imide groups is 2. The summed E-state index contributed by atoms with van der Waals surface area (Å²) in [6, 6.07) is 5.56. The molecular formula is C37H26Cl2F5N5O10. The molecule has 0 unspecified atom stereocenters. The van der Waals surface area contributed by atoms with Crippen molar-refractivity contribution in [2.45, 2.75) is 22.6 Å². The van der Waals surface area contributed by atoms with Gasteiger partial charge in [0.05, 0.1) is 34.5 Å². The van der Waals surface area contributed by atoms with Crippen LogP contribution in [0.4, 0.5) is 50.4 Å². The maximum atomic E-state index is 15.3. The molecule has 4 aliphatic rings. The molecule has 4 amide bonds. The Kier molecular flexibility index (Phi) is 9.74. The van der Waals surface area contributed by atoms with Crippen LogP contribution in [0.15, 0.2) is 48.1 Å². The first-order valence-electron chi connectivity index (χ1n) is 17.2. The number of nitro groups is 2. The summed E-state index contributed by atoms with van der Waals surface area (Å²) < 4.78 is 78.9. The zero-order valence-corrected chi connectivity index (χ0v) is 31.9. The molecule has 0 bridgehead atoms. The molecule has 22 heteroatoms. The van der Waals surface area contributed by atoms with E-state index in [2.05, 4.69) is 0 Å². The number of hydrogen-bond acceptors (Lipinski definition) is 11. The number of aromatic hydroxyl groups is 1. The lowest BCUT2D eigenvalue weighted by molar-refractivity contribution is -0.392. The molecule has 6 atom stereocenters. The minimum absolute atomic E-state index is 0.0143. The number of methoxy groups -OCH3 is 1. The molecule has 1 saturated carbocycles. The Morgan fingerprint density at radius 1 is 0.864 bits per heavy atom. The Hall–Kier alpha value is -6.15. The molecule has 1 N–H and O–H groups in total. The molecule has 2 aliphatic carbocycles. The number of ether oxygens (including phenoxy) is 1. The van der Waals surface area contributed by atoms with Gasteiger partial charge in [0.1, 0.15) is 5.69 Å². The number of alkyl halides is 2. The molecule has 3 fully saturated rings. The number of halogens is 7. The van der Waals surface area contributed by atoms with Gasteiger partial charge in [-0.2, -0.15) is 0 Å². The summed E-state index contributed by atoms with van der Waals surface area (Å²) in [5, 5.41) is 34.3. The van der Waals surface area contributed by atoms with Gasteiger partial charge in [-0.25, -0.2) is 31.8 Å². The summed E-state index contributed by atoms with van der Waals surface area (Å²) in [5.41, 5.74) is -4.23. The van der Waals surface area contributed by atoms with Crippen LogP contribution >= 0.6 is 23.2 Å². The number of nitrogens with zero attached hydrogens (tertiary/aromatic N) is 5. The van der Waals surface area contributed by atoms with Crippen LogP contribution in [-0.2, 0) is 19.2 Å². The second-order valence-corrected chi connectivity index (χ2v) is 15.5. The quantitative estimate of drug-likeness (QED) is 0.0391. The number of carbonyl (C=O) groups excluding carboxylic acids is 4. The van der Waals surface area contributed by atoms with Crippen LogP contribution in [-0.4, -0.2) is 69.5 Å². The Balaban J connectivity index is 1.40. The zero-order chi connectivity index (χ0) is 43.4. The summed E-state index contributed by atoms with van der Waals surface area (Å²) in [5.74, 6) is -24.2. The number of hydrogen-bond donors (Lipinski definition) is 1. The minimum atomic E-state index is -2.83. The van der Waals surface area contributed by atoms with E-state index in [-0.39, 0.29) is 34.0 Å². The molecule has 308 valence electrons. The van der Waals surface area contributed by atoms with Crippen molar-refractivity contribution in [2.24, 2.45) is 23.7 Å². The zero-order valence-electron chi connectivity index (χ0n) is 30.3. The summed E-state index contributed by atoms with van der Waals surface area (Å²) in [6.45, 7) is 0. The Morgan fingerprint density at radius 3 is 1.98 bits per heavy atom. The third-order valence-electron chi connectivity index (χ3n) is 11.1. The number of benzene rings is 3. The number of fused-ring (bicyclic) bond motifs is 4. The van der Waals surface area contributed by atoms with E-state index in [4.69, 9.17) is 27.9 Å². The van der Waals surface area contributed by atoms with Crippen molar-refractivity contribution in [1.82, 2.24) is 0 Å². The van der Waals surface area contributed by atoms with Crippen LogP contribution in [0.1, 0.15) is 18.4 Å². The van der Waals surface area contributed by atoms with Gasteiger partial charge in [0.15, 0.2) is 50.2 Å². The molecule has 3 aromatic rings. The van der Waals surface area contributed by atoms with Gasteiger partial charge in [0, 0.05) is 32.1 Å². The van der Waals surface area contributed by atoms with Gasteiger partial charge in [-0.3, -0.25) is 39.4 Å². The Morgan fingerprint density at radius 2 is 1.44 bits per heavy atom. The van der Waals surface area contributed by atoms with E-state index in [1.165, 1.54) is 57.6 Å². The summed E-state index contributed by atoms with van der Waals surface area (Å²) in [7, 11) is 3.85. The molecule has 3 aromatic carbocycles. The van der Waals surface area contributed by atoms with Crippen molar-refractivity contribution >= 4 is 81.3 Å². The average Bonchev–Trinajstić information content (AvgIpc) is 3.53. The van der Waals surface area contributed by atoms with Gasteiger partial charge in [0.25, 0.3) is 11.8 Å². The smallest absolute Gasteiger partial charge is 0.301 e. The van der Waals surface area contributed by atoms with E-state index in [0.29, 0.717) is 4.90 Å². The standard InChI is InChI=1S/C37H26Cl2F5N5O10/c1-45(2)30-20(48(55)56)11-15(12-21(30)49(57)58)46-32(51)17-7-6-16-18(24(17)33(46)52)13-36(38)34(53)47(31-28(43)26(41)25(40)27(42)29(31)44)35(54)37(36,39)19(16)8-4-14-5-9-22(50)23(10-14)59-3/h4-6,8-12,17-19,24,50H,7,13H2,1-3H3/t17-,18+,19-,24-,36+,37-/m0/s1. The molecule has 2 heterocycles. The highest BCUT2D eigenvalue weighted by Gasteiger charge is 2.76. The van der Waals surface area contributed by atoms with Crippen LogP contribution < -0.4 is 19.4 Å². The second-order valence-electron chi connectivity index (χ2n) is 14.3. The monoisotopic (exact) mass is 865 g/mol. The van der Waals surface area contributed by atoms with Crippen molar-refractivity contribution in [1.29, 1.82) is 0 Å². The maximum Gasteiger partial charge on any atom is 0.301 e. The van der Waals surface area contributed by atoms with E-state index >= 15 is 8.78 Å². The Labute approximate surface area is 338 Å². The second kappa shape index (κ2) is 14.0. The molecule has 0 aromatic heterocycles. The third kappa shape index (κ3) is 5.66. The van der Waals surface area contributed by atoms with Crippen LogP contribution in [0.3, 0.4) is 0 Å². The summed E-state index contributed by atoms with van der Waals surface area (Å²) >= 11 is 14.2. The van der Waals surface area contributed by atoms with Crippen molar-refractivity contribution in [2.75, 3.05) is 35.9 Å². The minimum Gasteiger partial charge on any atom is -0.504 e. The highest BCUT2D eigenvalue weighted by molar-refractivity contribution is 6.58. The van der Waals surface area contributed by atoms with Crippen LogP contribution in [0.5, 0.6) is 11.5 Å². The fourth-order valence-corrected chi connectivity index (χ4v) is 9.42. The number of anilines is 3. The van der Waals surface area contributed by atoms with Crippen LogP contribution in [0.25, 0.3) is 6.08 Å². The maximum absolute atomic E-state index is 15.3. The number of allylic oxidation sites excluding steroid dienone is 3. The number of rotatable bonds is 8. The van der Waals surface area contributed by atoms with Gasteiger partial charge in [0.2, 0.25) is 17.6 Å². The fourth-order valence-electron chi connectivity index (χ4n) is 8.53. The molecule has 0 spiro atoms. The number of phenols is 1. The first-order valence-corrected chi connectivity index (χ1v) is 17.9. The molecule has 2 saturated heterocycles. The van der Waals surface area contributed by atoms with E-state index in [1.807, 2.05) is 0 Å². The van der Waals surface area contributed by atoms with Crippen LogP contribution in [0, 0.1) is 73.0 Å². The highest BCUT2D eigenvalue weighted by atomic mass is 35.5. The first kappa shape index (κ1) is 41.0. The van der Waals surface area contributed by atoms with E-state index in [1.54, 1.807) is 0 Å². The topological polar surface area (TPSA) is 194 Å². The lowest BCUT2D eigenvalue weighted by atomic mass is 9.57.